The van der Waals surface area contributed by atoms with Gasteiger partial charge in [-0.3, -0.25) is 0 Å². The summed E-state index contributed by atoms with van der Waals surface area (Å²) in [5, 5.41) is 6.95. The van der Waals surface area contributed by atoms with Crippen molar-refractivity contribution in [2.45, 2.75) is 19.8 Å². The zero-order chi connectivity index (χ0) is 11.2. The molecule has 0 spiro atoms. The Morgan fingerprint density at radius 3 is 2.81 bits per heavy atom. The molecular formula is C14H22N2. The third-order valence-electron chi connectivity index (χ3n) is 3.31. The van der Waals surface area contributed by atoms with Crippen LogP contribution in [-0.4, -0.2) is 26.2 Å². The van der Waals surface area contributed by atoms with Gasteiger partial charge >= 0.3 is 0 Å². The first kappa shape index (κ1) is 11.6. The smallest absolute Gasteiger partial charge is 0.000777 e. The van der Waals surface area contributed by atoms with E-state index in [0.29, 0.717) is 0 Å². The molecule has 2 rings (SSSR count). The molecule has 2 nitrogen and oxygen atoms in total. The molecule has 88 valence electrons. The second kappa shape index (κ2) is 6.02. The SMILES string of the molecule is Cc1ccc(CCNCC2CCNC2)cc1. The molecule has 0 bridgehead atoms. The quantitative estimate of drug-likeness (QED) is 0.736. The topological polar surface area (TPSA) is 24.1 Å². The Bertz CT molecular complexity index is 299. The summed E-state index contributed by atoms with van der Waals surface area (Å²) in [4.78, 5) is 0. The number of hydrogen-bond acceptors (Lipinski definition) is 2. The number of nitrogens with one attached hydrogen (secondary N) is 2. The molecule has 1 fully saturated rings. The van der Waals surface area contributed by atoms with Crippen LogP contribution in [0.4, 0.5) is 0 Å². The fraction of sp³-hybridized carbons (Fsp3) is 0.571. The lowest BCUT2D eigenvalue weighted by Gasteiger charge is -2.09. The van der Waals surface area contributed by atoms with Crippen LogP contribution in [0.3, 0.4) is 0 Å². The Balaban J connectivity index is 1.62. The standard InChI is InChI=1S/C14H22N2/c1-12-2-4-13(5-3-12)6-8-15-10-14-7-9-16-11-14/h2-5,14-16H,6-11H2,1H3. The average molecular weight is 218 g/mol. The van der Waals surface area contributed by atoms with Crippen molar-refractivity contribution in [3.63, 3.8) is 0 Å². The summed E-state index contributed by atoms with van der Waals surface area (Å²) in [6, 6.07) is 8.84. The Hall–Kier alpha value is -0.860. The Labute approximate surface area is 98.4 Å². The van der Waals surface area contributed by atoms with E-state index in [1.54, 1.807) is 0 Å². The van der Waals surface area contributed by atoms with Gasteiger partial charge in [0.05, 0.1) is 0 Å². The summed E-state index contributed by atoms with van der Waals surface area (Å²) in [6.45, 7) is 6.79. The van der Waals surface area contributed by atoms with Crippen LogP contribution in [-0.2, 0) is 6.42 Å². The summed E-state index contributed by atoms with van der Waals surface area (Å²) in [6.07, 6.45) is 2.47. The van der Waals surface area contributed by atoms with Crippen LogP contribution in [0.1, 0.15) is 17.5 Å². The van der Waals surface area contributed by atoms with Crippen LogP contribution in [0.5, 0.6) is 0 Å². The minimum absolute atomic E-state index is 0.845. The van der Waals surface area contributed by atoms with Crippen molar-refractivity contribution in [3.8, 4) is 0 Å². The predicted molar refractivity (Wildman–Crippen MR) is 68.7 cm³/mol. The van der Waals surface area contributed by atoms with E-state index in [2.05, 4.69) is 41.8 Å². The predicted octanol–water partition coefficient (Wildman–Crippen LogP) is 1.74. The maximum atomic E-state index is 3.55. The third-order valence-corrected chi connectivity index (χ3v) is 3.31. The molecule has 2 N–H and O–H groups in total. The third kappa shape index (κ3) is 3.62. The van der Waals surface area contributed by atoms with E-state index in [1.165, 1.54) is 37.2 Å². The van der Waals surface area contributed by atoms with Crippen LogP contribution >= 0.6 is 0 Å². The molecular weight excluding hydrogens is 196 g/mol. The van der Waals surface area contributed by atoms with Crippen molar-refractivity contribution in [3.05, 3.63) is 35.4 Å². The number of benzene rings is 1. The van der Waals surface area contributed by atoms with Gasteiger partial charge in [0.2, 0.25) is 0 Å². The molecule has 0 aliphatic carbocycles. The van der Waals surface area contributed by atoms with E-state index >= 15 is 0 Å². The molecule has 1 heterocycles. The van der Waals surface area contributed by atoms with Gasteiger partial charge in [-0.2, -0.15) is 0 Å². The van der Waals surface area contributed by atoms with Crippen molar-refractivity contribution in [1.82, 2.24) is 10.6 Å². The average Bonchev–Trinajstić information content (AvgIpc) is 2.80. The molecule has 16 heavy (non-hydrogen) atoms. The summed E-state index contributed by atoms with van der Waals surface area (Å²) in [7, 11) is 0. The lowest BCUT2D eigenvalue weighted by molar-refractivity contribution is 0.515. The van der Waals surface area contributed by atoms with Gasteiger partial charge in [-0.05, 0) is 57.4 Å². The maximum Gasteiger partial charge on any atom is -0.000777 e. The molecule has 1 unspecified atom stereocenters. The summed E-state index contributed by atoms with van der Waals surface area (Å²) < 4.78 is 0. The molecule has 2 heteroatoms. The first-order valence-corrected chi connectivity index (χ1v) is 6.31. The van der Waals surface area contributed by atoms with Crippen LogP contribution in [0, 0.1) is 12.8 Å². The van der Waals surface area contributed by atoms with E-state index in [4.69, 9.17) is 0 Å². The number of rotatable bonds is 5. The van der Waals surface area contributed by atoms with E-state index < -0.39 is 0 Å². The molecule has 1 aliphatic heterocycles. The summed E-state index contributed by atoms with van der Waals surface area (Å²) in [5.41, 5.74) is 2.77. The van der Waals surface area contributed by atoms with Gasteiger partial charge in [0.15, 0.2) is 0 Å². The Kier molecular flexibility index (Phi) is 4.37. The number of aryl methyl sites for hydroxylation is 1. The first-order chi connectivity index (χ1) is 7.84. The van der Waals surface area contributed by atoms with Crippen molar-refractivity contribution in [2.75, 3.05) is 26.2 Å². The lowest BCUT2D eigenvalue weighted by Crippen LogP contribution is -2.26. The van der Waals surface area contributed by atoms with Crippen molar-refractivity contribution < 1.29 is 0 Å². The molecule has 0 radical (unpaired) electrons. The zero-order valence-electron chi connectivity index (χ0n) is 10.1. The van der Waals surface area contributed by atoms with Gasteiger partial charge in [0.1, 0.15) is 0 Å². The van der Waals surface area contributed by atoms with Gasteiger partial charge in [-0.15, -0.1) is 0 Å². The van der Waals surface area contributed by atoms with Crippen LogP contribution in [0.2, 0.25) is 0 Å². The fourth-order valence-corrected chi connectivity index (χ4v) is 2.18. The minimum Gasteiger partial charge on any atom is -0.316 e. The molecule has 1 aromatic rings. The van der Waals surface area contributed by atoms with Crippen LogP contribution < -0.4 is 10.6 Å². The molecule has 1 saturated heterocycles. The van der Waals surface area contributed by atoms with E-state index in [-0.39, 0.29) is 0 Å². The van der Waals surface area contributed by atoms with Crippen molar-refractivity contribution in [1.29, 1.82) is 0 Å². The molecule has 0 saturated carbocycles. The highest BCUT2D eigenvalue weighted by molar-refractivity contribution is 5.21. The molecule has 0 amide bonds. The maximum absolute atomic E-state index is 3.55. The van der Waals surface area contributed by atoms with Crippen LogP contribution in [0.15, 0.2) is 24.3 Å². The largest absolute Gasteiger partial charge is 0.316 e. The van der Waals surface area contributed by atoms with E-state index in [1.807, 2.05) is 0 Å². The van der Waals surface area contributed by atoms with Gasteiger partial charge in [-0.1, -0.05) is 29.8 Å². The highest BCUT2D eigenvalue weighted by Crippen LogP contribution is 2.06. The van der Waals surface area contributed by atoms with Crippen molar-refractivity contribution in [2.24, 2.45) is 5.92 Å². The summed E-state index contributed by atoms with van der Waals surface area (Å²) in [5.74, 6) is 0.845. The summed E-state index contributed by atoms with van der Waals surface area (Å²) >= 11 is 0. The zero-order valence-corrected chi connectivity index (χ0v) is 10.1. The molecule has 0 aromatic heterocycles. The van der Waals surface area contributed by atoms with Crippen LogP contribution in [0.25, 0.3) is 0 Å². The highest BCUT2D eigenvalue weighted by Gasteiger charge is 2.12. The van der Waals surface area contributed by atoms with Crippen molar-refractivity contribution >= 4 is 0 Å². The first-order valence-electron chi connectivity index (χ1n) is 6.31. The number of hydrogen-bond donors (Lipinski definition) is 2. The van der Waals surface area contributed by atoms with Gasteiger partial charge < -0.3 is 10.6 Å². The van der Waals surface area contributed by atoms with Gasteiger partial charge in [0, 0.05) is 0 Å². The minimum atomic E-state index is 0.845. The highest BCUT2D eigenvalue weighted by atomic mass is 14.9. The monoisotopic (exact) mass is 218 g/mol. The molecule has 1 aromatic carbocycles. The van der Waals surface area contributed by atoms with Gasteiger partial charge in [-0.25, -0.2) is 0 Å². The van der Waals surface area contributed by atoms with E-state index in [0.717, 1.165) is 18.9 Å². The van der Waals surface area contributed by atoms with Gasteiger partial charge in [0.25, 0.3) is 0 Å². The van der Waals surface area contributed by atoms with E-state index in [9.17, 15) is 0 Å². The normalized spacial score (nSPS) is 20.2. The Morgan fingerprint density at radius 1 is 1.31 bits per heavy atom. The molecule has 1 atom stereocenters. The molecule has 1 aliphatic rings. The second-order valence-corrected chi connectivity index (χ2v) is 4.80. The fourth-order valence-electron chi connectivity index (χ4n) is 2.18. The Morgan fingerprint density at radius 2 is 2.12 bits per heavy atom. The second-order valence-electron chi connectivity index (χ2n) is 4.80. The lowest BCUT2D eigenvalue weighted by atomic mass is 10.1.